The van der Waals surface area contributed by atoms with Gasteiger partial charge in [-0.15, -0.1) is 0 Å². The minimum absolute atomic E-state index is 0.0650. The van der Waals surface area contributed by atoms with Crippen molar-refractivity contribution in [2.45, 2.75) is 32.2 Å². The molecule has 3 N–H and O–H groups in total. The lowest BCUT2D eigenvalue weighted by Crippen LogP contribution is -2.29. The summed E-state index contributed by atoms with van der Waals surface area (Å²) < 4.78 is 0. The van der Waals surface area contributed by atoms with Crippen molar-refractivity contribution in [2.75, 3.05) is 48.0 Å². The first-order chi connectivity index (χ1) is 12.0. The summed E-state index contributed by atoms with van der Waals surface area (Å²) in [5, 5.41) is 3.44. The van der Waals surface area contributed by atoms with Gasteiger partial charge in [-0.05, 0) is 50.5 Å². The third-order valence-corrected chi connectivity index (χ3v) is 4.42. The summed E-state index contributed by atoms with van der Waals surface area (Å²) in [5.41, 5.74) is 8.14. The molecule has 134 valence electrons. The van der Waals surface area contributed by atoms with Gasteiger partial charge in [0.15, 0.2) is 5.82 Å². The lowest BCUT2D eigenvalue weighted by Gasteiger charge is -2.29. The van der Waals surface area contributed by atoms with Crippen LogP contribution in [0.2, 0.25) is 0 Å². The summed E-state index contributed by atoms with van der Waals surface area (Å²) >= 11 is 0. The molecule has 1 aromatic heterocycles. The third kappa shape index (κ3) is 4.29. The molecule has 1 fully saturated rings. The van der Waals surface area contributed by atoms with Gasteiger partial charge in [0.2, 0.25) is 11.9 Å². The molecular formula is C18H27N7. The fourth-order valence-electron chi connectivity index (χ4n) is 3.03. The Morgan fingerprint density at radius 1 is 1.04 bits per heavy atom. The van der Waals surface area contributed by atoms with E-state index in [1.807, 2.05) is 25.9 Å². The van der Waals surface area contributed by atoms with E-state index in [2.05, 4.69) is 49.4 Å². The summed E-state index contributed by atoms with van der Waals surface area (Å²) in [4.78, 5) is 17.1. The standard InChI is InChI=1S/C18H27N7/c1-13(16-21-17(19)23-18(22-16)24(2)3)20-14-7-9-15(10-8-14)25-11-5-4-6-12-25/h7-10,13,20H,4-6,11-12H2,1-3H3,(H2,19,21,22,23)/t13-/m0/s1. The van der Waals surface area contributed by atoms with Gasteiger partial charge < -0.3 is 20.9 Å². The summed E-state index contributed by atoms with van der Waals surface area (Å²) in [6, 6.07) is 8.50. The largest absolute Gasteiger partial charge is 0.375 e. The molecule has 1 saturated heterocycles. The monoisotopic (exact) mass is 341 g/mol. The molecular weight excluding hydrogens is 314 g/mol. The smallest absolute Gasteiger partial charge is 0.229 e. The van der Waals surface area contributed by atoms with Crippen molar-refractivity contribution in [2.24, 2.45) is 0 Å². The van der Waals surface area contributed by atoms with Gasteiger partial charge >= 0.3 is 0 Å². The normalized spacial score (nSPS) is 15.7. The van der Waals surface area contributed by atoms with Crippen LogP contribution in [0.25, 0.3) is 0 Å². The molecule has 3 rings (SSSR count). The molecule has 0 bridgehead atoms. The average Bonchev–Trinajstić information content (AvgIpc) is 2.62. The Kier molecular flexibility index (Phi) is 5.21. The van der Waals surface area contributed by atoms with Crippen LogP contribution in [0.15, 0.2) is 24.3 Å². The fourth-order valence-corrected chi connectivity index (χ4v) is 3.03. The highest BCUT2D eigenvalue weighted by Crippen LogP contribution is 2.24. The molecule has 7 nitrogen and oxygen atoms in total. The Hall–Kier alpha value is -2.57. The van der Waals surface area contributed by atoms with E-state index in [9.17, 15) is 0 Å². The van der Waals surface area contributed by atoms with Gasteiger partial charge in [0.25, 0.3) is 0 Å². The summed E-state index contributed by atoms with van der Waals surface area (Å²) in [6.45, 7) is 4.33. The summed E-state index contributed by atoms with van der Waals surface area (Å²) in [6.07, 6.45) is 3.91. The minimum Gasteiger partial charge on any atom is -0.375 e. The summed E-state index contributed by atoms with van der Waals surface area (Å²) in [5.74, 6) is 1.44. The number of anilines is 4. The molecule has 0 aliphatic carbocycles. The Labute approximate surface area is 149 Å². The maximum atomic E-state index is 5.81. The van der Waals surface area contributed by atoms with E-state index in [0.29, 0.717) is 11.8 Å². The van der Waals surface area contributed by atoms with Gasteiger partial charge in [0, 0.05) is 38.6 Å². The molecule has 1 aromatic carbocycles. The molecule has 2 aromatic rings. The van der Waals surface area contributed by atoms with Crippen molar-refractivity contribution in [1.82, 2.24) is 15.0 Å². The van der Waals surface area contributed by atoms with Crippen LogP contribution in [-0.2, 0) is 0 Å². The average molecular weight is 341 g/mol. The highest BCUT2D eigenvalue weighted by molar-refractivity contribution is 5.55. The van der Waals surface area contributed by atoms with E-state index in [4.69, 9.17) is 5.73 Å². The van der Waals surface area contributed by atoms with E-state index in [1.54, 1.807) is 0 Å². The third-order valence-electron chi connectivity index (χ3n) is 4.42. The maximum Gasteiger partial charge on any atom is 0.229 e. The molecule has 7 heteroatoms. The first-order valence-electron chi connectivity index (χ1n) is 8.83. The number of rotatable bonds is 5. The van der Waals surface area contributed by atoms with Gasteiger partial charge in [0.1, 0.15) is 0 Å². The second-order valence-corrected chi connectivity index (χ2v) is 6.71. The molecule has 1 atom stereocenters. The van der Waals surface area contributed by atoms with Gasteiger partial charge in [-0.3, -0.25) is 0 Å². The van der Waals surface area contributed by atoms with Crippen molar-refractivity contribution < 1.29 is 0 Å². The number of nitrogens with two attached hydrogens (primary N) is 1. The van der Waals surface area contributed by atoms with E-state index < -0.39 is 0 Å². The SMILES string of the molecule is C[C@H](Nc1ccc(N2CCCCC2)cc1)c1nc(N)nc(N(C)C)n1. The molecule has 0 radical (unpaired) electrons. The van der Waals surface area contributed by atoms with Crippen LogP contribution in [0.3, 0.4) is 0 Å². The first-order valence-corrected chi connectivity index (χ1v) is 8.83. The predicted octanol–water partition coefficient (Wildman–Crippen LogP) is 2.68. The van der Waals surface area contributed by atoms with E-state index in [-0.39, 0.29) is 12.0 Å². The minimum atomic E-state index is -0.0650. The van der Waals surface area contributed by atoms with Crippen molar-refractivity contribution in [3.8, 4) is 0 Å². The number of aromatic nitrogens is 3. The molecule has 1 aliphatic rings. The number of hydrogen-bond donors (Lipinski definition) is 2. The van der Waals surface area contributed by atoms with Crippen LogP contribution < -0.4 is 20.9 Å². The zero-order valence-corrected chi connectivity index (χ0v) is 15.2. The first kappa shape index (κ1) is 17.3. The van der Waals surface area contributed by atoms with Crippen LogP contribution in [0.1, 0.15) is 38.1 Å². The summed E-state index contributed by atoms with van der Waals surface area (Å²) in [7, 11) is 3.77. The number of hydrogen-bond acceptors (Lipinski definition) is 7. The van der Waals surface area contributed by atoms with Gasteiger partial charge in [-0.1, -0.05) is 0 Å². The van der Waals surface area contributed by atoms with Crippen LogP contribution in [-0.4, -0.2) is 42.1 Å². The topological polar surface area (TPSA) is 83.2 Å². The van der Waals surface area contributed by atoms with Crippen molar-refractivity contribution in [3.63, 3.8) is 0 Å². The van der Waals surface area contributed by atoms with Gasteiger partial charge in [-0.25, -0.2) is 0 Å². The van der Waals surface area contributed by atoms with Gasteiger partial charge in [0.05, 0.1) is 6.04 Å². The van der Waals surface area contributed by atoms with Crippen LogP contribution >= 0.6 is 0 Å². The Morgan fingerprint density at radius 2 is 1.72 bits per heavy atom. The molecule has 25 heavy (non-hydrogen) atoms. The fraction of sp³-hybridized carbons (Fsp3) is 0.500. The second-order valence-electron chi connectivity index (χ2n) is 6.71. The highest BCUT2D eigenvalue weighted by atomic mass is 15.3. The molecule has 2 heterocycles. The van der Waals surface area contributed by atoms with Crippen molar-refractivity contribution >= 4 is 23.3 Å². The van der Waals surface area contributed by atoms with Crippen LogP contribution in [0.4, 0.5) is 23.3 Å². The number of nitrogens with one attached hydrogen (secondary N) is 1. The quantitative estimate of drug-likeness (QED) is 0.865. The van der Waals surface area contributed by atoms with Gasteiger partial charge in [-0.2, -0.15) is 15.0 Å². The molecule has 0 unspecified atom stereocenters. The van der Waals surface area contributed by atoms with Crippen LogP contribution in [0, 0.1) is 0 Å². The Morgan fingerprint density at radius 3 is 2.36 bits per heavy atom. The molecule has 0 amide bonds. The van der Waals surface area contributed by atoms with E-state index in [0.717, 1.165) is 18.8 Å². The zero-order chi connectivity index (χ0) is 17.8. The van der Waals surface area contributed by atoms with Crippen LogP contribution in [0.5, 0.6) is 0 Å². The molecule has 1 aliphatic heterocycles. The molecule has 0 saturated carbocycles. The number of nitrogen functional groups attached to an aromatic ring is 1. The zero-order valence-electron chi connectivity index (χ0n) is 15.2. The maximum absolute atomic E-state index is 5.81. The predicted molar refractivity (Wildman–Crippen MR) is 103 cm³/mol. The van der Waals surface area contributed by atoms with E-state index in [1.165, 1.54) is 24.9 Å². The van der Waals surface area contributed by atoms with E-state index >= 15 is 0 Å². The second kappa shape index (κ2) is 7.55. The number of piperidine rings is 1. The number of nitrogens with zero attached hydrogens (tertiary/aromatic N) is 5. The van der Waals surface area contributed by atoms with Crippen molar-refractivity contribution in [3.05, 3.63) is 30.1 Å². The Bertz CT molecular complexity index is 693. The Balaban J connectivity index is 1.69. The number of benzene rings is 1. The van der Waals surface area contributed by atoms with Crippen molar-refractivity contribution in [1.29, 1.82) is 0 Å². The lowest BCUT2D eigenvalue weighted by atomic mass is 10.1. The lowest BCUT2D eigenvalue weighted by molar-refractivity contribution is 0.578. The molecule has 0 spiro atoms. The highest BCUT2D eigenvalue weighted by Gasteiger charge is 2.14.